The molecule has 1 heterocycles. The molecule has 0 saturated heterocycles. The minimum absolute atomic E-state index is 0.0461. The van der Waals surface area contributed by atoms with E-state index in [1.54, 1.807) is 17.0 Å². The summed E-state index contributed by atoms with van der Waals surface area (Å²) in [4.78, 5) is 40.5. The molecule has 2 amide bonds. The van der Waals surface area contributed by atoms with Crippen molar-refractivity contribution in [3.05, 3.63) is 50.9 Å². The fourth-order valence-corrected chi connectivity index (χ4v) is 5.41. The van der Waals surface area contributed by atoms with E-state index >= 15 is 0 Å². The molecule has 7 nitrogen and oxygen atoms in total. The maximum atomic E-state index is 12.8. The van der Waals surface area contributed by atoms with Crippen molar-refractivity contribution in [3.8, 4) is 0 Å². The number of likely N-dealkylation sites (N-methyl/N-ethyl adjacent to an activating group) is 1. The number of anilines is 1. The minimum atomic E-state index is -0.425. The van der Waals surface area contributed by atoms with Gasteiger partial charge in [0.25, 0.3) is 0 Å². The molecule has 1 unspecified atom stereocenters. The summed E-state index contributed by atoms with van der Waals surface area (Å²) in [6.07, 6.45) is 2.72. The quantitative estimate of drug-likeness (QED) is 0.519. The third-order valence-electron chi connectivity index (χ3n) is 5.74. The summed E-state index contributed by atoms with van der Waals surface area (Å²) in [5.41, 5.74) is 2.41. The topological polar surface area (TPSA) is 87.7 Å². The van der Waals surface area contributed by atoms with Crippen LogP contribution in [-0.4, -0.2) is 49.4 Å². The van der Waals surface area contributed by atoms with Crippen LogP contribution in [0.15, 0.2) is 24.3 Å². The first kappa shape index (κ1) is 25.2. The van der Waals surface area contributed by atoms with Gasteiger partial charge in [0, 0.05) is 16.4 Å². The summed E-state index contributed by atoms with van der Waals surface area (Å²) in [7, 11) is 1.35. The van der Waals surface area contributed by atoms with Crippen LogP contribution in [-0.2, 0) is 33.7 Å². The number of methoxy groups -OCH3 is 1. The molecule has 3 rings (SSSR count). The molecule has 1 aromatic heterocycles. The number of nitrogens with one attached hydrogen (secondary N) is 2. The Morgan fingerprint density at radius 1 is 1.18 bits per heavy atom. The number of hydrogen-bond acceptors (Lipinski definition) is 6. The van der Waals surface area contributed by atoms with Crippen LogP contribution in [0.4, 0.5) is 5.00 Å². The first-order valence-electron chi connectivity index (χ1n) is 11.1. The fourth-order valence-electron chi connectivity index (χ4n) is 3.87. The number of ether oxygens (including phenoxy) is 1. The Kier molecular flexibility index (Phi) is 8.88. The lowest BCUT2D eigenvalue weighted by Crippen LogP contribution is -2.40. The molecule has 9 heteroatoms. The predicted molar refractivity (Wildman–Crippen MR) is 131 cm³/mol. The van der Waals surface area contributed by atoms with Crippen LogP contribution in [0, 0.1) is 5.92 Å². The Hall–Kier alpha value is -2.42. The smallest absolute Gasteiger partial charge is 0.341 e. The summed E-state index contributed by atoms with van der Waals surface area (Å²) in [6.45, 7) is 5.15. The number of hydrogen-bond donors (Lipinski definition) is 2. The number of esters is 1. The highest BCUT2D eigenvalue weighted by molar-refractivity contribution is 7.17. The van der Waals surface area contributed by atoms with Crippen molar-refractivity contribution in [2.24, 2.45) is 5.92 Å². The first-order chi connectivity index (χ1) is 15.8. The third-order valence-corrected chi connectivity index (χ3v) is 7.16. The van der Waals surface area contributed by atoms with E-state index in [1.807, 2.05) is 19.1 Å². The Labute approximate surface area is 203 Å². The minimum Gasteiger partial charge on any atom is -0.465 e. The monoisotopic (exact) mass is 491 g/mol. The molecule has 1 atom stereocenters. The van der Waals surface area contributed by atoms with Crippen molar-refractivity contribution < 1.29 is 19.1 Å². The number of carbonyl (C=O) groups is 3. The average molecular weight is 492 g/mol. The lowest BCUT2D eigenvalue weighted by molar-refractivity contribution is -0.123. The first-order valence-corrected chi connectivity index (χ1v) is 12.3. The highest BCUT2D eigenvalue weighted by Gasteiger charge is 2.29. The molecule has 1 aliphatic carbocycles. The van der Waals surface area contributed by atoms with Crippen molar-refractivity contribution >= 4 is 45.7 Å². The lowest BCUT2D eigenvalue weighted by atomic mass is 9.88. The van der Waals surface area contributed by atoms with Crippen LogP contribution >= 0.6 is 22.9 Å². The number of halogens is 1. The van der Waals surface area contributed by atoms with Crippen LogP contribution in [0.2, 0.25) is 5.02 Å². The van der Waals surface area contributed by atoms with Crippen LogP contribution in [0.1, 0.15) is 46.6 Å². The van der Waals surface area contributed by atoms with Gasteiger partial charge in [-0.15, -0.1) is 11.3 Å². The van der Waals surface area contributed by atoms with E-state index in [0.717, 1.165) is 35.3 Å². The SMILES string of the molecule is CCN(CC(=O)NCc1ccc(Cl)cc1)CC(=O)Nc1sc2c(c1C(=O)OC)CCC(C)C2. The Morgan fingerprint density at radius 2 is 1.88 bits per heavy atom. The van der Waals surface area contributed by atoms with Gasteiger partial charge in [0.1, 0.15) is 5.00 Å². The number of rotatable bonds is 9. The van der Waals surface area contributed by atoms with E-state index in [0.29, 0.717) is 34.6 Å². The zero-order valence-corrected chi connectivity index (χ0v) is 20.8. The number of benzene rings is 1. The van der Waals surface area contributed by atoms with Gasteiger partial charge < -0.3 is 15.4 Å². The highest BCUT2D eigenvalue weighted by Crippen LogP contribution is 2.40. The van der Waals surface area contributed by atoms with Gasteiger partial charge in [0.05, 0.1) is 25.8 Å². The van der Waals surface area contributed by atoms with Gasteiger partial charge in [0.2, 0.25) is 11.8 Å². The van der Waals surface area contributed by atoms with Gasteiger partial charge in [-0.3, -0.25) is 14.5 Å². The third kappa shape index (κ3) is 6.79. The van der Waals surface area contributed by atoms with E-state index in [4.69, 9.17) is 16.3 Å². The number of carbonyl (C=O) groups excluding carboxylic acids is 3. The molecule has 2 aromatic rings. The van der Waals surface area contributed by atoms with Crippen molar-refractivity contribution in [1.29, 1.82) is 0 Å². The highest BCUT2D eigenvalue weighted by atomic mass is 35.5. The Bertz CT molecular complexity index is 1010. The zero-order valence-electron chi connectivity index (χ0n) is 19.2. The fraction of sp³-hybridized carbons (Fsp3) is 0.458. The van der Waals surface area contributed by atoms with Gasteiger partial charge in [-0.05, 0) is 55.0 Å². The molecular formula is C24H30ClN3O4S. The van der Waals surface area contributed by atoms with Gasteiger partial charge in [-0.1, -0.05) is 37.6 Å². The molecule has 0 saturated carbocycles. The van der Waals surface area contributed by atoms with Crippen molar-refractivity contribution in [1.82, 2.24) is 10.2 Å². The van der Waals surface area contributed by atoms with E-state index in [-0.39, 0.29) is 24.9 Å². The van der Waals surface area contributed by atoms with Crippen molar-refractivity contribution in [2.75, 3.05) is 32.1 Å². The molecule has 0 bridgehead atoms. The molecule has 0 radical (unpaired) electrons. The van der Waals surface area contributed by atoms with Gasteiger partial charge in [0.15, 0.2) is 0 Å². The van der Waals surface area contributed by atoms with Crippen molar-refractivity contribution in [2.45, 2.75) is 39.7 Å². The number of fused-ring (bicyclic) bond motifs is 1. The second kappa shape index (κ2) is 11.6. The van der Waals surface area contributed by atoms with E-state index < -0.39 is 5.97 Å². The number of amides is 2. The lowest BCUT2D eigenvalue weighted by Gasteiger charge is -2.19. The number of thiophene rings is 1. The van der Waals surface area contributed by atoms with Crippen LogP contribution in [0.3, 0.4) is 0 Å². The maximum Gasteiger partial charge on any atom is 0.341 e. The standard InChI is InChI=1S/C24H30ClN3O4S/c1-4-28(13-20(29)26-12-16-6-8-17(25)9-7-16)14-21(30)27-23-22(24(31)32-3)18-10-5-15(2)11-19(18)33-23/h6-9,15H,4-5,10-14H2,1-3H3,(H,26,29)(H,27,30). The second-order valence-corrected chi connectivity index (χ2v) is 9.84. The zero-order chi connectivity index (χ0) is 24.0. The molecule has 178 valence electrons. The van der Waals surface area contributed by atoms with Crippen LogP contribution < -0.4 is 10.6 Å². The van der Waals surface area contributed by atoms with Crippen molar-refractivity contribution in [3.63, 3.8) is 0 Å². The normalized spacial score (nSPS) is 15.1. The Balaban J connectivity index is 1.59. The van der Waals surface area contributed by atoms with Gasteiger partial charge in [-0.2, -0.15) is 0 Å². The maximum absolute atomic E-state index is 12.8. The van der Waals surface area contributed by atoms with E-state index in [9.17, 15) is 14.4 Å². The molecule has 0 aliphatic heterocycles. The molecule has 1 aliphatic rings. The summed E-state index contributed by atoms with van der Waals surface area (Å²) >= 11 is 7.34. The largest absolute Gasteiger partial charge is 0.465 e. The summed E-state index contributed by atoms with van der Waals surface area (Å²) in [5.74, 6) is -0.312. The molecule has 2 N–H and O–H groups in total. The average Bonchev–Trinajstić information content (AvgIpc) is 3.14. The molecule has 0 fully saturated rings. The van der Waals surface area contributed by atoms with E-state index in [1.165, 1.54) is 18.4 Å². The Morgan fingerprint density at radius 3 is 2.55 bits per heavy atom. The van der Waals surface area contributed by atoms with Gasteiger partial charge in [-0.25, -0.2) is 4.79 Å². The molecular weight excluding hydrogens is 462 g/mol. The summed E-state index contributed by atoms with van der Waals surface area (Å²) in [6, 6.07) is 7.26. The summed E-state index contributed by atoms with van der Waals surface area (Å²) in [5, 5.41) is 6.93. The van der Waals surface area contributed by atoms with E-state index in [2.05, 4.69) is 17.6 Å². The summed E-state index contributed by atoms with van der Waals surface area (Å²) < 4.78 is 4.98. The second-order valence-electron chi connectivity index (χ2n) is 8.30. The molecule has 0 spiro atoms. The van der Waals surface area contributed by atoms with Crippen LogP contribution in [0.5, 0.6) is 0 Å². The molecule has 33 heavy (non-hydrogen) atoms. The molecule has 1 aromatic carbocycles. The predicted octanol–water partition coefficient (Wildman–Crippen LogP) is 3.89. The van der Waals surface area contributed by atoms with Gasteiger partial charge >= 0.3 is 5.97 Å². The van der Waals surface area contributed by atoms with Crippen LogP contribution in [0.25, 0.3) is 0 Å². The number of nitrogens with zero attached hydrogens (tertiary/aromatic N) is 1.